The lowest BCUT2D eigenvalue weighted by Crippen LogP contribution is -2.35. The van der Waals surface area contributed by atoms with Crippen molar-refractivity contribution in [1.82, 2.24) is 10.6 Å². The van der Waals surface area contributed by atoms with Crippen molar-refractivity contribution in [1.29, 1.82) is 0 Å². The van der Waals surface area contributed by atoms with Crippen LogP contribution in [0.5, 0.6) is 0 Å². The first kappa shape index (κ1) is 10.5. The lowest BCUT2D eigenvalue weighted by atomic mass is 10.3. The second-order valence-electron chi connectivity index (χ2n) is 3.15. The Kier molecular flexibility index (Phi) is 3.45. The maximum atomic E-state index is 11.4. The van der Waals surface area contributed by atoms with E-state index in [1.54, 1.807) is 7.05 Å². The minimum Gasteiger partial charge on any atom is -0.386 e. The predicted octanol–water partition coefficient (Wildman–Crippen LogP) is 0.788. The first-order valence-electron chi connectivity index (χ1n) is 4.55. The molecule has 0 aromatic carbocycles. The lowest BCUT2D eigenvalue weighted by molar-refractivity contribution is -0.120. The van der Waals surface area contributed by atoms with Crippen molar-refractivity contribution >= 4 is 11.7 Å². The number of nitrogens with one attached hydrogen (secondary N) is 2. The number of nitrogens with zero attached hydrogens (tertiary/aromatic N) is 1. The molecule has 14 heavy (non-hydrogen) atoms. The Labute approximate surface area is 83.8 Å². The summed E-state index contributed by atoms with van der Waals surface area (Å²) in [5, 5.41) is 5.54. The molecule has 2 N–H and O–H groups in total. The molecule has 1 aliphatic carbocycles. The Balaban J connectivity index is 2.58. The van der Waals surface area contributed by atoms with E-state index in [0.29, 0.717) is 11.5 Å². The molecule has 76 valence electrons. The molecule has 1 rings (SSSR count). The molecule has 1 saturated carbocycles. The Morgan fingerprint density at radius 2 is 2.21 bits per heavy atom. The molecule has 4 nitrogen and oxygen atoms in total. The molecular weight excluding hydrogens is 178 g/mol. The zero-order chi connectivity index (χ0) is 10.6. The van der Waals surface area contributed by atoms with Gasteiger partial charge in [0.15, 0.2) is 5.84 Å². The normalized spacial score (nSPS) is 15.9. The fourth-order valence-electron chi connectivity index (χ4n) is 0.960. The molecule has 0 aliphatic heterocycles. The SMILES string of the molecule is C=C/N=C(/NC(=O)C1CC1)C(=C)NC. The number of amides is 1. The van der Waals surface area contributed by atoms with E-state index in [1.807, 2.05) is 0 Å². The Morgan fingerprint density at radius 3 is 2.64 bits per heavy atom. The monoisotopic (exact) mass is 193 g/mol. The van der Waals surface area contributed by atoms with Gasteiger partial charge in [-0.25, -0.2) is 4.99 Å². The molecule has 0 aromatic rings. The first-order valence-corrected chi connectivity index (χ1v) is 4.55. The van der Waals surface area contributed by atoms with Crippen LogP contribution in [-0.2, 0) is 4.79 Å². The van der Waals surface area contributed by atoms with Gasteiger partial charge in [0.1, 0.15) is 0 Å². The van der Waals surface area contributed by atoms with E-state index in [2.05, 4.69) is 28.8 Å². The van der Waals surface area contributed by atoms with Crippen LogP contribution in [0.2, 0.25) is 0 Å². The van der Waals surface area contributed by atoms with Gasteiger partial charge in [0.2, 0.25) is 5.91 Å². The van der Waals surface area contributed by atoms with Gasteiger partial charge in [0.25, 0.3) is 0 Å². The van der Waals surface area contributed by atoms with E-state index in [1.165, 1.54) is 6.20 Å². The molecule has 1 fully saturated rings. The van der Waals surface area contributed by atoms with Crippen molar-refractivity contribution < 1.29 is 4.79 Å². The van der Waals surface area contributed by atoms with Crippen molar-refractivity contribution in [3.63, 3.8) is 0 Å². The van der Waals surface area contributed by atoms with E-state index >= 15 is 0 Å². The molecule has 0 saturated heterocycles. The Hall–Kier alpha value is -1.58. The predicted molar refractivity (Wildman–Crippen MR) is 56.7 cm³/mol. The van der Waals surface area contributed by atoms with E-state index in [9.17, 15) is 4.79 Å². The standard InChI is InChI=1S/C10H15N3O/c1-4-12-9(7(2)11-3)13-10(14)8-5-6-8/h4,8,11H,1-2,5-6H2,3H3,(H,12,13,14). The highest BCUT2D eigenvalue weighted by molar-refractivity contribution is 6.08. The van der Waals surface area contributed by atoms with Crippen LogP contribution >= 0.6 is 0 Å². The van der Waals surface area contributed by atoms with Crippen molar-refractivity contribution in [3.05, 3.63) is 25.1 Å². The zero-order valence-corrected chi connectivity index (χ0v) is 8.34. The molecule has 0 spiro atoms. The molecule has 0 radical (unpaired) electrons. The summed E-state index contributed by atoms with van der Waals surface area (Å²) in [4.78, 5) is 15.3. The van der Waals surface area contributed by atoms with Crippen molar-refractivity contribution in [2.75, 3.05) is 7.05 Å². The second-order valence-corrected chi connectivity index (χ2v) is 3.15. The van der Waals surface area contributed by atoms with Crippen LogP contribution in [0.25, 0.3) is 0 Å². The largest absolute Gasteiger partial charge is 0.386 e. The van der Waals surface area contributed by atoms with Crippen molar-refractivity contribution in [2.45, 2.75) is 12.8 Å². The lowest BCUT2D eigenvalue weighted by Gasteiger charge is -2.09. The fourth-order valence-corrected chi connectivity index (χ4v) is 0.960. The summed E-state index contributed by atoms with van der Waals surface area (Å²) in [6.07, 6.45) is 3.32. The molecule has 0 heterocycles. The number of hydrogen-bond donors (Lipinski definition) is 2. The Bertz CT molecular complexity index is 290. The summed E-state index contributed by atoms with van der Waals surface area (Å²) in [5.74, 6) is 0.621. The highest BCUT2D eigenvalue weighted by Gasteiger charge is 2.30. The molecule has 1 aliphatic rings. The number of carbonyl (C=O) groups excluding carboxylic acids is 1. The summed E-state index contributed by atoms with van der Waals surface area (Å²) in [6.45, 7) is 7.20. The third kappa shape index (κ3) is 2.73. The number of likely N-dealkylation sites (N-methyl/N-ethyl adjacent to an activating group) is 1. The minimum absolute atomic E-state index is 0.0157. The van der Waals surface area contributed by atoms with Crippen LogP contribution in [-0.4, -0.2) is 18.8 Å². The van der Waals surface area contributed by atoms with Gasteiger partial charge in [-0.2, -0.15) is 0 Å². The van der Waals surface area contributed by atoms with Gasteiger partial charge < -0.3 is 10.6 Å². The minimum atomic E-state index is 0.0157. The van der Waals surface area contributed by atoms with Crippen LogP contribution in [0.15, 0.2) is 30.0 Å². The van der Waals surface area contributed by atoms with Gasteiger partial charge in [-0.05, 0) is 12.8 Å². The van der Waals surface area contributed by atoms with Gasteiger partial charge in [0.05, 0.1) is 5.70 Å². The van der Waals surface area contributed by atoms with Crippen molar-refractivity contribution in [2.24, 2.45) is 10.9 Å². The van der Waals surface area contributed by atoms with Crippen molar-refractivity contribution in [3.8, 4) is 0 Å². The summed E-state index contributed by atoms with van der Waals surface area (Å²) >= 11 is 0. The molecule has 4 heteroatoms. The number of carbonyl (C=O) groups is 1. The van der Waals surface area contributed by atoms with E-state index in [0.717, 1.165) is 12.8 Å². The zero-order valence-electron chi connectivity index (χ0n) is 8.34. The number of rotatable bonds is 4. The number of aliphatic imine (C=N–C) groups is 1. The van der Waals surface area contributed by atoms with E-state index < -0.39 is 0 Å². The number of amidine groups is 1. The molecule has 0 atom stereocenters. The van der Waals surface area contributed by atoms with Gasteiger partial charge >= 0.3 is 0 Å². The first-order chi connectivity index (χ1) is 6.69. The summed E-state index contributed by atoms with van der Waals surface area (Å²) in [7, 11) is 1.73. The van der Waals surface area contributed by atoms with Gasteiger partial charge in [-0.15, -0.1) is 0 Å². The van der Waals surface area contributed by atoms with Crippen LogP contribution < -0.4 is 10.6 Å². The van der Waals surface area contributed by atoms with Gasteiger partial charge in [0, 0.05) is 19.2 Å². The average Bonchev–Trinajstić information content (AvgIpc) is 2.99. The Morgan fingerprint density at radius 1 is 1.57 bits per heavy atom. The molecule has 0 aromatic heterocycles. The molecule has 0 bridgehead atoms. The highest BCUT2D eigenvalue weighted by atomic mass is 16.2. The number of hydrogen-bond acceptors (Lipinski definition) is 3. The van der Waals surface area contributed by atoms with Crippen LogP contribution in [0, 0.1) is 5.92 Å². The molecule has 0 unspecified atom stereocenters. The fraction of sp³-hybridized carbons (Fsp3) is 0.400. The second kappa shape index (κ2) is 4.60. The maximum absolute atomic E-state index is 11.4. The molecular formula is C10H15N3O. The summed E-state index contributed by atoms with van der Waals surface area (Å²) < 4.78 is 0. The summed E-state index contributed by atoms with van der Waals surface area (Å²) in [6, 6.07) is 0. The van der Waals surface area contributed by atoms with Crippen LogP contribution in [0.1, 0.15) is 12.8 Å². The van der Waals surface area contributed by atoms with Crippen LogP contribution in [0.4, 0.5) is 0 Å². The third-order valence-electron chi connectivity index (χ3n) is 2.00. The highest BCUT2D eigenvalue weighted by Crippen LogP contribution is 2.28. The average molecular weight is 193 g/mol. The van der Waals surface area contributed by atoms with Gasteiger partial charge in [-0.3, -0.25) is 4.79 Å². The van der Waals surface area contributed by atoms with E-state index in [-0.39, 0.29) is 11.8 Å². The maximum Gasteiger partial charge on any atom is 0.228 e. The van der Waals surface area contributed by atoms with E-state index in [4.69, 9.17) is 0 Å². The van der Waals surface area contributed by atoms with Crippen LogP contribution in [0.3, 0.4) is 0 Å². The van der Waals surface area contributed by atoms with Gasteiger partial charge in [-0.1, -0.05) is 13.2 Å². The molecule has 1 amide bonds. The third-order valence-corrected chi connectivity index (χ3v) is 2.00. The topological polar surface area (TPSA) is 53.5 Å². The quantitative estimate of drug-likeness (QED) is 0.512. The summed E-state index contributed by atoms with van der Waals surface area (Å²) in [5.41, 5.74) is 0.582. The smallest absolute Gasteiger partial charge is 0.228 e.